The van der Waals surface area contributed by atoms with Gasteiger partial charge in [0.15, 0.2) is 11.4 Å². The van der Waals surface area contributed by atoms with Crippen molar-refractivity contribution in [3.63, 3.8) is 0 Å². The van der Waals surface area contributed by atoms with E-state index >= 15 is 0 Å². The van der Waals surface area contributed by atoms with E-state index in [4.69, 9.17) is 16.0 Å². The number of rotatable bonds is 3. The van der Waals surface area contributed by atoms with Gasteiger partial charge in [-0.15, -0.1) is 0 Å². The molecule has 1 heterocycles. The van der Waals surface area contributed by atoms with Gasteiger partial charge in [0.2, 0.25) is 0 Å². The highest BCUT2D eigenvalue weighted by molar-refractivity contribution is 5.64. The van der Waals surface area contributed by atoms with Crippen molar-refractivity contribution in [1.82, 2.24) is 4.98 Å². The Morgan fingerprint density at radius 1 is 1.00 bits per heavy atom. The van der Waals surface area contributed by atoms with Crippen molar-refractivity contribution in [3.8, 4) is 22.9 Å². The monoisotopic (exact) mass is 240 g/mol. The first-order chi connectivity index (χ1) is 8.78. The standard InChI is InChI=1S/C14H12N2O2/c1-15-11-6-4-10(5-7-11)12-8-9-13(17-2)14(16-12)18-3/h4-9H,2-3H3. The predicted octanol–water partition coefficient (Wildman–Crippen LogP) is 3.32. The Bertz CT molecular complexity index is 586. The summed E-state index contributed by atoms with van der Waals surface area (Å²) in [5.74, 6) is 1.04. The molecule has 0 spiro atoms. The molecule has 0 aliphatic heterocycles. The molecular weight excluding hydrogens is 228 g/mol. The van der Waals surface area contributed by atoms with E-state index in [1.165, 1.54) is 0 Å². The lowest BCUT2D eigenvalue weighted by atomic mass is 10.1. The number of hydrogen-bond donors (Lipinski definition) is 0. The Hall–Kier alpha value is -2.54. The normalized spacial score (nSPS) is 9.61. The van der Waals surface area contributed by atoms with E-state index in [9.17, 15) is 0 Å². The predicted molar refractivity (Wildman–Crippen MR) is 69.0 cm³/mol. The maximum absolute atomic E-state index is 6.91. The van der Waals surface area contributed by atoms with Crippen LogP contribution in [0, 0.1) is 6.57 Å². The van der Waals surface area contributed by atoms with Crippen LogP contribution in [0.2, 0.25) is 0 Å². The largest absolute Gasteiger partial charge is 0.491 e. The fourth-order valence-corrected chi connectivity index (χ4v) is 1.60. The molecule has 0 saturated carbocycles. The summed E-state index contributed by atoms with van der Waals surface area (Å²) in [7, 11) is 3.13. The third kappa shape index (κ3) is 2.25. The number of aromatic nitrogens is 1. The van der Waals surface area contributed by atoms with E-state index in [-0.39, 0.29) is 0 Å². The fraction of sp³-hybridized carbons (Fsp3) is 0.143. The second-order valence-electron chi connectivity index (χ2n) is 3.57. The first-order valence-corrected chi connectivity index (χ1v) is 5.35. The average Bonchev–Trinajstić information content (AvgIpc) is 2.46. The summed E-state index contributed by atoms with van der Waals surface area (Å²) in [5, 5.41) is 0. The minimum absolute atomic E-state index is 0.448. The maximum Gasteiger partial charge on any atom is 0.257 e. The van der Waals surface area contributed by atoms with Gasteiger partial charge in [-0.05, 0) is 17.7 Å². The molecule has 2 rings (SSSR count). The van der Waals surface area contributed by atoms with Gasteiger partial charge >= 0.3 is 0 Å². The molecule has 0 saturated heterocycles. The molecule has 1 aromatic carbocycles. The van der Waals surface area contributed by atoms with E-state index in [0.29, 0.717) is 17.3 Å². The molecule has 4 nitrogen and oxygen atoms in total. The zero-order valence-electron chi connectivity index (χ0n) is 10.2. The minimum Gasteiger partial charge on any atom is -0.491 e. The molecule has 90 valence electrons. The Morgan fingerprint density at radius 3 is 2.28 bits per heavy atom. The third-order valence-corrected chi connectivity index (χ3v) is 2.53. The number of methoxy groups -OCH3 is 2. The lowest BCUT2D eigenvalue weighted by Gasteiger charge is -2.08. The smallest absolute Gasteiger partial charge is 0.257 e. The summed E-state index contributed by atoms with van der Waals surface area (Å²) >= 11 is 0. The Kier molecular flexibility index (Phi) is 3.44. The van der Waals surface area contributed by atoms with Gasteiger partial charge in [0.05, 0.1) is 26.5 Å². The van der Waals surface area contributed by atoms with Gasteiger partial charge in [-0.1, -0.05) is 24.3 Å². The molecule has 18 heavy (non-hydrogen) atoms. The second kappa shape index (κ2) is 5.19. The van der Waals surface area contributed by atoms with Crippen molar-refractivity contribution < 1.29 is 9.47 Å². The van der Waals surface area contributed by atoms with E-state index in [1.807, 2.05) is 24.3 Å². The van der Waals surface area contributed by atoms with Crippen LogP contribution >= 0.6 is 0 Å². The van der Waals surface area contributed by atoms with Gasteiger partial charge in [0.25, 0.3) is 5.88 Å². The summed E-state index contributed by atoms with van der Waals surface area (Å²) in [5.41, 5.74) is 2.33. The second-order valence-corrected chi connectivity index (χ2v) is 3.57. The van der Waals surface area contributed by atoms with Crippen LogP contribution in [-0.2, 0) is 0 Å². The summed E-state index contributed by atoms with van der Waals surface area (Å²) in [4.78, 5) is 7.71. The highest BCUT2D eigenvalue weighted by Crippen LogP contribution is 2.29. The van der Waals surface area contributed by atoms with Crippen molar-refractivity contribution >= 4 is 5.69 Å². The zero-order valence-corrected chi connectivity index (χ0v) is 10.2. The maximum atomic E-state index is 6.91. The Labute approximate surface area is 106 Å². The molecule has 4 heteroatoms. The van der Waals surface area contributed by atoms with E-state index < -0.39 is 0 Å². The van der Waals surface area contributed by atoms with Crippen LogP contribution in [0.4, 0.5) is 5.69 Å². The Morgan fingerprint density at radius 2 is 1.72 bits per heavy atom. The van der Waals surface area contributed by atoms with Crippen molar-refractivity contribution in [2.75, 3.05) is 14.2 Å². The van der Waals surface area contributed by atoms with E-state index in [1.54, 1.807) is 26.4 Å². The number of benzene rings is 1. The van der Waals surface area contributed by atoms with E-state index in [0.717, 1.165) is 11.3 Å². The van der Waals surface area contributed by atoms with Crippen molar-refractivity contribution in [2.24, 2.45) is 0 Å². The molecule has 0 atom stereocenters. The minimum atomic E-state index is 0.448. The summed E-state index contributed by atoms with van der Waals surface area (Å²) in [6, 6.07) is 10.9. The quantitative estimate of drug-likeness (QED) is 0.772. The van der Waals surface area contributed by atoms with Crippen LogP contribution in [0.3, 0.4) is 0 Å². The van der Waals surface area contributed by atoms with Gasteiger partial charge < -0.3 is 9.47 Å². The van der Waals surface area contributed by atoms with Crippen molar-refractivity contribution in [3.05, 3.63) is 47.8 Å². The van der Waals surface area contributed by atoms with Crippen LogP contribution in [0.1, 0.15) is 0 Å². The molecular formula is C14H12N2O2. The molecule has 0 aliphatic carbocycles. The van der Waals surface area contributed by atoms with E-state index in [2.05, 4.69) is 9.83 Å². The van der Waals surface area contributed by atoms with Crippen LogP contribution in [0.25, 0.3) is 16.1 Å². The van der Waals surface area contributed by atoms with Crippen LogP contribution in [0.15, 0.2) is 36.4 Å². The molecule has 0 radical (unpaired) electrons. The third-order valence-electron chi connectivity index (χ3n) is 2.53. The molecule has 0 N–H and O–H groups in total. The Balaban J connectivity index is 2.41. The molecule has 0 fully saturated rings. The SMILES string of the molecule is [C-]#[N+]c1ccc(-c2ccc(OC)c(OC)n2)cc1. The van der Waals surface area contributed by atoms with Gasteiger partial charge in [0, 0.05) is 0 Å². The van der Waals surface area contributed by atoms with Crippen LogP contribution in [0.5, 0.6) is 11.6 Å². The topological polar surface area (TPSA) is 35.7 Å². The lowest BCUT2D eigenvalue weighted by molar-refractivity contribution is 0.343. The highest BCUT2D eigenvalue weighted by atomic mass is 16.5. The number of hydrogen-bond acceptors (Lipinski definition) is 3. The molecule has 0 amide bonds. The summed E-state index contributed by atoms with van der Waals surface area (Å²) < 4.78 is 10.3. The van der Waals surface area contributed by atoms with Gasteiger partial charge in [0.1, 0.15) is 0 Å². The van der Waals surface area contributed by atoms with Crippen molar-refractivity contribution in [1.29, 1.82) is 0 Å². The van der Waals surface area contributed by atoms with Gasteiger partial charge in [-0.2, -0.15) is 0 Å². The van der Waals surface area contributed by atoms with Crippen molar-refractivity contribution in [2.45, 2.75) is 0 Å². The van der Waals surface area contributed by atoms with Gasteiger partial charge in [-0.25, -0.2) is 9.83 Å². The number of pyridine rings is 1. The molecule has 1 aromatic heterocycles. The first kappa shape index (κ1) is 11.9. The average molecular weight is 240 g/mol. The summed E-state index contributed by atoms with van der Waals surface area (Å²) in [6.07, 6.45) is 0. The van der Waals surface area contributed by atoms with Gasteiger partial charge in [-0.3, -0.25) is 0 Å². The van der Waals surface area contributed by atoms with Crippen LogP contribution in [-0.4, -0.2) is 19.2 Å². The lowest BCUT2D eigenvalue weighted by Crippen LogP contribution is -1.94. The molecule has 0 aliphatic rings. The molecule has 2 aromatic rings. The number of nitrogens with zero attached hydrogens (tertiary/aromatic N) is 2. The number of ether oxygens (including phenoxy) is 2. The summed E-state index contributed by atoms with van der Waals surface area (Å²) in [6.45, 7) is 6.91. The highest BCUT2D eigenvalue weighted by Gasteiger charge is 2.07. The zero-order chi connectivity index (χ0) is 13.0. The first-order valence-electron chi connectivity index (χ1n) is 5.35. The molecule has 0 bridgehead atoms. The molecule has 0 unspecified atom stereocenters. The fourth-order valence-electron chi connectivity index (χ4n) is 1.60. The van der Waals surface area contributed by atoms with Crippen LogP contribution < -0.4 is 9.47 Å².